The van der Waals surface area contributed by atoms with Gasteiger partial charge in [-0.3, -0.25) is 9.69 Å². The Labute approximate surface area is 112 Å². The SMILES string of the molecule is NCCCN(C=O)C(=O)NCCOc1ccccc1. The number of nitrogens with two attached hydrogens (primary N) is 1. The van der Waals surface area contributed by atoms with Crippen LogP contribution < -0.4 is 15.8 Å². The van der Waals surface area contributed by atoms with E-state index < -0.39 is 6.03 Å². The quantitative estimate of drug-likeness (QED) is 0.532. The molecule has 6 heteroatoms. The molecule has 0 saturated heterocycles. The van der Waals surface area contributed by atoms with E-state index in [1.165, 1.54) is 0 Å². The van der Waals surface area contributed by atoms with Gasteiger partial charge in [0.05, 0.1) is 6.54 Å². The van der Waals surface area contributed by atoms with E-state index in [2.05, 4.69) is 5.32 Å². The molecule has 0 heterocycles. The maximum Gasteiger partial charge on any atom is 0.323 e. The molecular formula is C13H19N3O3. The smallest absolute Gasteiger partial charge is 0.323 e. The zero-order valence-electron chi connectivity index (χ0n) is 10.7. The third kappa shape index (κ3) is 5.87. The Balaban J connectivity index is 2.20. The molecule has 19 heavy (non-hydrogen) atoms. The molecule has 0 radical (unpaired) electrons. The second kappa shape index (κ2) is 8.93. The summed E-state index contributed by atoms with van der Waals surface area (Å²) in [6, 6.07) is 8.87. The van der Waals surface area contributed by atoms with Crippen LogP contribution in [0.3, 0.4) is 0 Å². The molecule has 1 aromatic carbocycles. The second-order valence-corrected chi connectivity index (χ2v) is 3.83. The first-order valence-corrected chi connectivity index (χ1v) is 6.15. The molecule has 3 amide bonds. The van der Waals surface area contributed by atoms with Gasteiger partial charge in [0.15, 0.2) is 0 Å². The lowest BCUT2D eigenvalue weighted by Gasteiger charge is -2.15. The molecule has 1 aromatic rings. The summed E-state index contributed by atoms with van der Waals surface area (Å²) in [6.07, 6.45) is 1.09. The highest BCUT2D eigenvalue weighted by Gasteiger charge is 2.10. The highest BCUT2D eigenvalue weighted by molar-refractivity contribution is 5.84. The predicted molar refractivity (Wildman–Crippen MR) is 71.8 cm³/mol. The molecule has 0 unspecified atom stereocenters. The standard InChI is InChI=1S/C13H19N3O3/c14-7-4-9-16(11-17)13(18)15-8-10-19-12-5-2-1-3-6-12/h1-3,5-6,11H,4,7-10,14H2,(H,15,18). The van der Waals surface area contributed by atoms with Crippen molar-refractivity contribution >= 4 is 12.4 Å². The Morgan fingerprint density at radius 1 is 1.37 bits per heavy atom. The number of carbonyl (C=O) groups excluding carboxylic acids is 2. The lowest BCUT2D eigenvalue weighted by Crippen LogP contribution is -2.41. The average molecular weight is 265 g/mol. The van der Waals surface area contributed by atoms with E-state index in [0.717, 1.165) is 10.6 Å². The zero-order valence-corrected chi connectivity index (χ0v) is 10.7. The Kier molecular flexibility index (Phi) is 7.04. The van der Waals surface area contributed by atoms with Gasteiger partial charge in [0.25, 0.3) is 0 Å². The van der Waals surface area contributed by atoms with Crippen LogP contribution in [0.25, 0.3) is 0 Å². The molecule has 0 aromatic heterocycles. The van der Waals surface area contributed by atoms with Crippen LogP contribution in [-0.2, 0) is 4.79 Å². The number of benzene rings is 1. The van der Waals surface area contributed by atoms with E-state index >= 15 is 0 Å². The molecule has 0 atom stereocenters. The van der Waals surface area contributed by atoms with Crippen LogP contribution in [-0.4, -0.2) is 43.6 Å². The first kappa shape index (κ1) is 15.0. The predicted octanol–water partition coefficient (Wildman–Crippen LogP) is 0.582. The number of hydrogen-bond donors (Lipinski definition) is 2. The summed E-state index contributed by atoms with van der Waals surface area (Å²) in [4.78, 5) is 23.3. The number of urea groups is 1. The molecule has 0 saturated carbocycles. The van der Waals surface area contributed by atoms with Gasteiger partial charge in [0, 0.05) is 6.54 Å². The van der Waals surface area contributed by atoms with Crippen LogP contribution in [0.5, 0.6) is 5.75 Å². The fourth-order valence-electron chi connectivity index (χ4n) is 1.41. The first-order chi connectivity index (χ1) is 9.27. The number of imide groups is 1. The number of amides is 3. The van der Waals surface area contributed by atoms with Crippen molar-refractivity contribution in [2.45, 2.75) is 6.42 Å². The molecule has 3 N–H and O–H groups in total. The van der Waals surface area contributed by atoms with Gasteiger partial charge in [-0.1, -0.05) is 18.2 Å². The molecule has 6 nitrogen and oxygen atoms in total. The summed E-state index contributed by atoms with van der Waals surface area (Å²) in [7, 11) is 0. The van der Waals surface area contributed by atoms with Gasteiger partial charge in [0.1, 0.15) is 12.4 Å². The van der Waals surface area contributed by atoms with Crippen LogP contribution in [0.1, 0.15) is 6.42 Å². The van der Waals surface area contributed by atoms with Crippen molar-refractivity contribution in [2.24, 2.45) is 5.73 Å². The zero-order chi connectivity index (χ0) is 13.9. The average Bonchev–Trinajstić information content (AvgIpc) is 2.45. The number of para-hydroxylation sites is 1. The number of carbonyl (C=O) groups is 2. The summed E-state index contributed by atoms with van der Waals surface area (Å²) >= 11 is 0. The summed E-state index contributed by atoms with van der Waals surface area (Å²) in [6.45, 7) is 1.44. The molecule has 1 rings (SSSR count). The normalized spacial score (nSPS) is 9.74. The van der Waals surface area contributed by atoms with Crippen LogP contribution >= 0.6 is 0 Å². The number of hydrogen-bond acceptors (Lipinski definition) is 4. The van der Waals surface area contributed by atoms with E-state index in [-0.39, 0.29) is 0 Å². The molecule has 0 spiro atoms. The second-order valence-electron chi connectivity index (χ2n) is 3.83. The number of nitrogens with zero attached hydrogens (tertiary/aromatic N) is 1. The summed E-state index contributed by atoms with van der Waals surface area (Å²) in [5.74, 6) is 0.743. The van der Waals surface area contributed by atoms with Crippen molar-refractivity contribution in [1.82, 2.24) is 10.2 Å². The van der Waals surface area contributed by atoms with Gasteiger partial charge in [0.2, 0.25) is 6.41 Å². The fourth-order valence-corrected chi connectivity index (χ4v) is 1.41. The van der Waals surface area contributed by atoms with Crippen LogP contribution in [0.4, 0.5) is 4.79 Å². The summed E-state index contributed by atoms with van der Waals surface area (Å²) in [5, 5.41) is 2.60. The van der Waals surface area contributed by atoms with E-state index in [1.54, 1.807) is 0 Å². The topological polar surface area (TPSA) is 84.7 Å². The third-order valence-corrected chi connectivity index (χ3v) is 2.38. The number of nitrogens with one attached hydrogen (secondary N) is 1. The van der Waals surface area contributed by atoms with E-state index in [0.29, 0.717) is 39.1 Å². The minimum absolute atomic E-state index is 0.325. The van der Waals surface area contributed by atoms with E-state index in [9.17, 15) is 9.59 Å². The van der Waals surface area contributed by atoms with E-state index in [1.807, 2.05) is 30.3 Å². The molecule has 104 valence electrons. The minimum Gasteiger partial charge on any atom is -0.492 e. The lowest BCUT2D eigenvalue weighted by molar-refractivity contribution is -0.115. The number of rotatable bonds is 8. The highest BCUT2D eigenvalue weighted by Crippen LogP contribution is 2.07. The van der Waals surface area contributed by atoms with Crippen molar-refractivity contribution in [1.29, 1.82) is 0 Å². The molecule has 0 aliphatic heterocycles. The maximum atomic E-state index is 11.6. The first-order valence-electron chi connectivity index (χ1n) is 6.15. The van der Waals surface area contributed by atoms with Gasteiger partial charge in [-0.15, -0.1) is 0 Å². The maximum absolute atomic E-state index is 11.6. The lowest BCUT2D eigenvalue weighted by atomic mass is 10.3. The van der Waals surface area contributed by atoms with Crippen molar-refractivity contribution in [3.05, 3.63) is 30.3 Å². The molecule has 0 fully saturated rings. The highest BCUT2D eigenvalue weighted by atomic mass is 16.5. The summed E-state index contributed by atoms with van der Waals surface area (Å²) < 4.78 is 5.41. The van der Waals surface area contributed by atoms with Crippen molar-refractivity contribution in [3.8, 4) is 5.75 Å². The Bertz CT molecular complexity index is 384. The Hall–Kier alpha value is -2.08. The van der Waals surface area contributed by atoms with Gasteiger partial charge in [-0.05, 0) is 25.1 Å². The minimum atomic E-state index is -0.430. The van der Waals surface area contributed by atoms with Crippen LogP contribution in [0.2, 0.25) is 0 Å². The molecule has 0 bridgehead atoms. The largest absolute Gasteiger partial charge is 0.492 e. The molecule has 0 aliphatic carbocycles. The fraction of sp³-hybridized carbons (Fsp3) is 0.385. The van der Waals surface area contributed by atoms with E-state index in [4.69, 9.17) is 10.5 Å². The van der Waals surface area contributed by atoms with Gasteiger partial charge in [-0.25, -0.2) is 4.79 Å². The number of ether oxygens (including phenoxy) is 1. The van der Waals surface area contributed by atoms with Crippen molar-refractivity contribution in [2.75, 3.05) is 26.2 Å². The Morgan fingerprint density at radius 2 is 2.11 bits per heavy atom. The van der Waals surface area contributed by atoms with Crippen LogP contribution in [0, 0.1) is 0 Å². The van der Waals surface area contributed by atoms with Gasteiger partial charge < -0.3 is 15.8 Å². The van der Waals surface area contributed by atoms with Crippen LogP contribution in [0.15, 0.2) is 30.3 Å². The monoisotopic (exact) mass is 265 g/mol. The summed E-state index contributed by atoms with van der Waals surface area (Å²) in [5.41, 5.74) is 5.32. The molecular weight excluding hydrogens is 246 g/mol. The Morgan fingerprint density at radius 3 is 2.74 bits per heavy atom. The van der Waals surface area contributed by atoms with Crippen molar-refractivity contribution < 1.29 is 14.3 Å². The van der Waals surface area contributed by atoms with Crippen molar-refractivity contribution in [3.63, 3.8) is 0 Å². The van der Waals surface area contributed by atoms with Gasteiger partial charge in [-0.2, -0.15) is 0 Å². The molecule has 0 aliphatic rings. The third-order valence-electron chi connectivity index (χ3n) is 2.38. The van der Waals surface area contributed by atoms with Gasteiger partial charge >= 0.3 is 6.03 Å².